The molecule has 0 saturated heterocycles. The highest BCUT2D eigenvalue weighted by atomic mass is 32.1. The third-order valence-electron chi connectivity index (χ3n) is 13.6. The van der Waals surface area contributed by atoms with Crippen LogP contribution in [0.3, 0.4) is 0 Å². The van der Waals surface area contributed by atoms with Crippen molar-refractivity contribution >= 4 is 117 Å². The normalized spacial score (nSPS) is 12.1. The molecule has 0 N–H and O–H groups in total. The fourth-order valence-electron chi connectivity index (χ4n) is 10.8. The summed E-state index contributed by atoms with van der Waals surface area (Å²) in [5.74, 6) is 0. The smallest absolute Gasteiger partial charge is 0.0355 e. The van der Waals surface area contributed by atoms with E-state index in [1.807, 2.05) is 22.7 Å². The average Bonchev–Trinajstić information content (AvgIpc) is 3.92. The summed E-state index contributed by atoms with van der Waals surface area (Å²) in [5, 5.41) is 17.9. The molecule has 64 heavy (non-hydrogen) atoms. The van der Waals surface area contributed by atoms with Crippen LogP contribution in [-0.2, 0) is 0 Å². The van der Waals surface area contributed by atoms with E-state index in [1.54, 1.807) is 0 Å². The summed E-state index contributed by atoms with van der Waals surface area (Å²) in [6.07, 6.45) is 0. The van der Waals surface area contributed by atoms with Crippen molar-refractivity contribution in [1.82, 2.24) is 0 Å². The highest BCUT2D eigenvalue weighted by Crippen LogP contribution is 2.48. The molecule has 0 nitrogen and oxygen atoms in total. The molecule has 2 heteroatoms. The van der Waals surface area contributed by atoms with Crippen LogP contribution in [0.25, 0.3) is 139 Å². The monoisotopic (exact) mass is 844 g/mol. The fourth-order valence-corrected chi connectivity index (χ4v) is 13.0. The lowest BCUT2D eigenvalue weighted by atomic mass is 9.84. The lowest BCUT2D eigenvalue weighted by Gasteiger charge is -2.19. The van der Waals surface area contributed by atoms with E-state index in [-0.39, 0.29) is 0 Å². The number of fused-ring (bicyclic) bond motifs is 11. The molecular formula is C62H36S2. The van der Waals surface area contributed by atoms with Gasteiger partial charge in [-0.2, -0.15) is 0 Å². The molecule has 14 rings (SSSR count). The van der Waals surface area contributed by atoms with Crippen molar-refractivity contribution in [3.05, 3.63) is 218 Å². The van der Waals surface area contributed by atoms with E-state index >= 15 is 0 Å². The minimum Gasteiger partial charge on any atom is -0.135 e. The molecule has 2 heterocycles. The first-order valence-corrected chi connectivity index (χ1v) is 23.6. The van der Waals surface area contributed by atoms with Crippen molar-refractivity contribution in [3.63, 3.8) is 0 Å². The molecular weight excluding hydrogens is 809 g/mol. The molecule has 2 aromatic heterocycles. The number of hydrogen-bond acceptors (Lipinski definition) is 2. The Labute approximate surface area is 377 Å². The summed E-state index contributed by atoms with van der Waals surface area (Å²) in [5.41, 5.74) is 10.1. The van der Waals surface area contributed by atoms with Crippen LogP contribution < -0.4 is 0 Å². The molecule has 14 aromatic rings. The molecule has 0 saturated carbocycles. The van der Waals surface area contributed by atoms with Crippen molar-refractivity contribution in [2.24, 2.45) is 0 Å². The Kier molecular flexibility index (Phi) is 7.83. The molecule has 0 aliphatic heterocycles. The van der Waals surface area contributed by atoms with Gasteiger partial charge in [-0.05, 0) is 147 Å². The molecule has 0 atom stereocenters. The van der Waals surface area contributed by atoms with E-state index in [2.05, 4.69) is 218 Å². The SMILES string of the molecule is c1ccc2c(c1)sc1ccc(-c3c4ccccc4c(-c4ccc5cc(-c6c7ccccc7c(-c7ccc8sc9ccccc9c8c7)c7ccccc67)ccc5c4)c4ccccc34)cc12. The second-order valence-corrected chi connectivity index (χ2v) is 19.2. The van der Waals surface area contributed by atoms with Gasteiger partial charge in [0.15, 0.2) is 0 Å². The summed E-state index contributed by atoms with van der Waals surface area (Å²) in [4.78, 5) is 0. The first-order valence-electron chi connectivity index (χ1n) is 22.0. The zero-order valence-corrected chi connectivity index (χ0v) is 36.2. The van der Waals surface area contributed by atoms with Crippen molar-refractivity contribution in [2.45, 2.75) is 0 Å². The molecule has 0 fully saturated rings. The van der Waals surface area contributed by atoms with Gasteiger partial charge in [-0.25, -0.2) is 0 Å². The van der Waals surface area contributed by atoms with Gasteiger partial charge in [-0.3, -0.25) is 0 Å². The summed E-state index contributed by atoms with van der Waals surface area (Å²) in [7, 11) is 0. The van der Waals surface area contributed by atoms with E-state index in [9.17, 15) is 0 Å². The quantitative estimate of drug-likeness (QED) is 0.155. The lowest BCUT2D eigenvalue weighted by molar-refractivity contribution is 1.67. The Hall–Kier alpha value is -7.62. The van der Waals surface area contributed by atoms with E-state index in [1.165, 1.54) is 139 Å². The van der Waals surface area contributed by atoms with Crippen LogP contribution in [0.4, 0.5) is 0 Å². The first-order chi connectivity index (χ1) is 31.7. The Bertz CT molecular complexity index is 3870. The zero-order valence-electron chi connectivity index (χ0n) is 34.6. The van der Waals surface area contributed by atoms with Crippen LogP contribution in [-0.4, -0.2) is 0 Å². The Morgan fingerprint density at radius 1 is 0.188 bits per heavy atom. The molecule has 0 amide bonds. The van der Waals surface area contributed by atoms with Crippen LogP contribution >= 0.6 is 22.7 Å². The molecule has 12 aromatic carbocycles. The second-order valence-electron chi connectivity index (χ2n) is 17.1. The van der Waals surface area contributed by atoms with Gasteiger partial charge in [0.25, 0.3) is 0 Å². The number of thiophene rings is 2. The van der Waals surface area contributed by atoms with Gasteiger partial charge in [0.2, 0.25) is 0 Å². The number of rotatable bonds is 4. The van der Waals surface area contributed by atoms with E-state index in [4.69, 9.17) is 0 Å². The summed E-state index contributed by atoms with van der Waals surface area (Å²) < 4.78 is 5.32. The minimum atomic E-state index is 1.23. The predicted molar refractivity (Wildman–Crippen MR) is 281 cm³/mol. The molecule has 0 bridgehead atoms. The second kappa shape index (κ2) is 13.9. The lowest BCUT2D eigenvalue weighted by Crippen LogP contribution is -1.92. The summed E-state index contributed by atoms with van der Waals surface area (Å²) >= 11 is 3.75. The van der Waals surface area contributed by atoms with Gasteiger partial charge in [-0.15, -0.1) is 22.7 Å². The molecule has 0 radical (unpaired) electrons. The number of benzene rings is 12. The maximum absolute atomic E-state index is 2.42. The highest BCUT2D eigenvalue weighted by Gasteiger charge is 2.20. The fraction of sp³-hybridized carbons (Fsp3) is 0. The van der Waals surface area contributed by atoms with Gasteiger partial charge in [0.1, 0.15) is 0 Å². The van der Waals surface area contributed by atoms with Crippen LogP contribution in [0.2, 0.25) is 0 Å². The maximum atomic E-state index is 2.42. The average molecular weight is 845 g/mol. The zero-order chi connectivity index (χ0) is 41.9. The first kappa shape index (κ1) is 35.9. The van der Waals surface area contributed by atoms with Gasteiger partial charge in [-0.1, -0.05) is 170 Å². The molecule has 0 spiro atoms. The van der Waals surface area contributed by atoms with E-state index in [0.717, 1.165) is 0 Å². The molecule has 0 aliphatic carbocycles. The van der Waals surface area contributed by atoms with Crippen LogP contribution in [0.15, 0.2) is 218 Å². The van der Waals surface area contributed by atoms with Crippen LogP contribution in [0, 0.1) is 0 Å². The van der Waals surface area contributed by atoms with Crippen LogP contribution in [0.1, 0.15) is 0 Å². The van der Waals surface area contributed by atoms with Gasteiger partial charge < -0.3 is 0 Å². The van der Waals surface area contributed by atoms with Crippen molar-refractivity contribution in [1.29, 1.82) is 0 Å². The largest absolute Gasteiger partial charge is 0.135 e. The minimum absolute atomic E-state index is 1.23. The topological polar surface area (TPSA) is 0 Å². The Morgan fingerprint density at radius 2 is 0.438 bits per heavy atom. The van der Waals surface area contributed by atoms with E-state index < -0.39 is 0 Å². The predicted octanol–water partition coefficient (Wildman–Crippen LogP) is 18.9. The maximum Gasteiger partial charge on any atom is 0.0355 e. The standard InChI is InChI=1S/C62H36S2/c1-5-19-49-45(15-1)59(46-16-2-6-20-50(46)61(49)41-29-31-57-53(35-41)43-13-9-11-23-55(43)63-57)39-27-25-38-34-40(28-26-37(38)33-39)60-47-17-3-7-21-51(47)62(52-22-8-4-18-48(52)60)42-30-32-58-54(36-42)44-14-10-12-24-56(44)64-58/h1-36H. The summed E-state index contributed by atoms with van der Waals surface area (Å²) in [6.45, 7) is 0. The third-order valence-corrected chi connectivity index (χ3v) is 15.9. The van der Waals surface area contributed by atoms with Crippen LogP contribution in [0.5, 0.6) is 0 Å². The van der Waals surface area contributed by atoms with Gasteiger partial charge in [0.05, 0.1) is 0 Å². The summed E-state index contributed by atoms with van der Waals surface area (Å²) in [6, 6.07) is 81.9. The Balaban J connectivity index is 0.932. The molecule has 0 aliphatic rings. The van der Waals surface area contributed by atoms with Crippen molar-refractivity contribution in [3.8, 4) is 44.5 Å². The molecule has 0 unspecified atom stereocenters. The third kappa shape index (κ3) is 5.34. The molecule has 296 valence electrons. The van der Waals surface area contributed by atoms with E-state index in [0.29, 0.717) is 0 Å². The highest BCUT2D eigenvalue weighted by molar-refractivity contribution is 7.26. The van der Waals surface area contributed by atoms with Crippen molar-refractivity contribution < 1.29 is 0 Å². The van der Waals surface area contributed by atoms with Crippen molar-refractivity contribution in [2.75, 3.05) is 0 Å². The van der Waals surface area contributed by atoms with Gasteiger partial charge >= 0.3 is 0 Å². The van der Waals surface area contributed by atoms with Gasteiger partial charge in [0, 0.05) is 40.3 Å². The number of hydrogen-bond donors (Lipinski definition) is 0. The Morgan fingerprint density at radius 3 is 0.766 bits per heavy atom.